The van der Waals surface area contributed by atoms with Crippen molar-refractivity contribution >= 4 is 17.6 Å². The van der Waals surface area contributed by atoms with E-state index in [9.17, 15) is 4.79 Å². The summed E-state index contributed by atoms with van der Waals surface area (Å²) in [5, 5.41) is 25.2. The van der Waals surface area contributed by atoms with Gasteiger partial charge in [-0.3, -0.25) is 4.68 Å². The highest BCUT2D eigenvalue weighted by atomic mass is 16.4. The molecule has 3 aromatic rings. The van der Waals surface area contributed by atoms with Gasteiger partial charge in [0.2, 0.25) is 5.95 Å². The van der Waals surface area contributed by atoms with Crippen LogP contribution < -0.4 is 5.32 Å². The molecular weight excluding hydrogens is 308 g/mol. The minimum absolute atomic E-state index is 0.0693. The summed E-state index contributed by atoms with van der Waals surface area (Å²) in [7, 11) is 1.56. The van der Waals surface area contributed by atoms with Crippen molar-refractivity contribution in [3.63, 3.8) is 0 Å². The van der Waals surface area contributed by atoms with E-state index in [2.05, 4.69) is 26.5 Å². The van der Waals surface area contributed by atoms with Crippen LogP contribution in [0.1, 0.15) is 16.1 Å². The van der Waals surface area contributed by atoms with E-state index in [1.165, 1.54) is 10.7 Å². The molecule has 0 fully saturated rings. The van der Waals surface area contributed by atoms with Gasteiger partial charge in [-0.2, -0.15) is 10.4 Å². The minimum Gasteiger partial charge on any atom is -0.477 e. The van der Waals surface area contributed by atoms with Gasteiger partial charge in [-0.25, -0.2) is 14.8 Å². The van der Waals surface area contributed by atoms with Gasteiger partial charge in [0.15, 0.2) is 0 Å². The number of benzene rings is 1. The van der Waals surface area contributed by atoms with Gasteiger partial charge in [0.05, 0.1) is 17.3 Å². The SMILES string of the molecule is Cn1nc(-c2ccnc(Nc3cccc(C#N)c3)n2)cc1C(=O)O. The van der Waals surface area contributed by atoms with Gasteiger partial charge in [0.1, 0.15) is 11.4 Å². The van der Waals surface area contributed by atoms with E-state index in [0.717, 1.165) is 0 Å². The number of nitriles is 1. The zero-order valence-corrected chi connectivity index (χ0v) is 12.6. The Hall–Kier alpha value is -3.73. The molecule has 2 aromatic heterocycles. The Bertz CT molecular complexity index is 957. The van der Waals surface area contributed by atoms with Crippen LogP contribution in [-0.4, -0.2) is 30.8 Å². The fourth-order valence-corrected chi connectivity index (χ4v) is 2.15. The fourth-order valence-electron chi connectivity index (χ4n) is 2.15. The number of carbonyl (C=O) groups is 1. The summed E-state index contributed by atoms with van der Waals surface area (Å²) in [6, 6.07) is 12.1. The molecule has 0 spiro atoms. The summed E-state index contributed by atoms with van der Waals surface area (Å²) >= 11 is 0. The summed E-state index contributed by atoms with van der Waals surface area (Å²) in [6.45, 7) is 0. The van der Waals surface area contributed by atoms with Gasteiger partial charge in [-0.15, -0.1) is 0 Å². The second kappa shape index (κ2) is 6.18. The van der Waals surface area contributed by atoms with Crippen molar-refractivity contribution in [3.8, 4) is 17.5 Å². The van der Waals surface area contributed by atoms with Crippen LogP contribution in [0.3, 0.4) is 0 Å². The predicted molar refractivity (Wildman–Crippen MR) is 85.6 cm³/mol. The first-order valence-electron chi connectivity index (χ1n) is 6.95. The number of anilines is 2. The van der Waals surface area contributed by atoms with Crippen LogP contribution in [0, 0.1) is 11.3 Å². The van der Waals surface area contributed by atoms with E-state index in [0.29, 0.717) is 28.6 Å². The van der Waals surface area contributed by atoms with Gasteiger partial charge in [0.25, 0.3) is 0 Å². The molecule has 0 saturated heterocycles. The normalized spacial score (nSPS) is 10.2. The molecule has 1 aromatic carbocycles. The van der Waals surface area contributed by atoms with Crippen LogP contribution in [0.4, 0.5) is 11.6 Å². The number of aromatic nitrogens is 4. The molecule has 8 heteroatoms. The van der Waals surface area contributed by atoms with E-state index in [1.54, 1.807) is 43.6 Å². The zero-order chi connectivity index (χ0) is 17.1. The lowest BCUT2D eigenvalue weighted by molar-refractivity contribution is 0.0685. The Labute approximate surface area is 137 Å². The molecule has 2 heterocycles. The van der Waals surface area contributed by atoms with Crippen LogP contribution in [0.5, 0.6) is 0 Å². The molecule has 118 valence electrons. The highest BCUT2D eigenvalue weighted by molar-refractivity contribution is 5.87. The minimum atomic E-state index is -1.06. The summed E-state index contributed by atoms with van der Waals surface area (Å²) in [6.07, 6.45) is 1.55. The van der Waals surface area contributed by atoms with Gasteiger partial charge in [0, 0.05) is 25.0 Å². The third kappa shape index (κ3) is 3.05. The number of hydrogen-bond acceptors (Lipinski definition) is 6. The summed E-state index contributed by atoms with van der Waals surface area (Å²) in [5.41, 5.74) is 2.20. The van der Waals surface area contributed by atoms with E-state index in [1.807, 2.05) is 0 Å². The highest BCUT2D eigenvalue weighted by Gasteiger charge is 2.14. The highest BCUT2D eigenvalue weighted by Crippen LogP contribution is 2.19. The average molecular weight is 320 g/mol. The monoisotopic (exact) mass is 320 g/mol. The van der Waals surface area contributed by atoms with Crippen LogP contribution >= 0.6 is 0 Å². The Balaban J connectivity index is 1.90. The van der Waals surface area contributed by atoms with Crippen LogP contribution in [0.2, 0.25) is 0 Å². The molecule has 0 unspecified atom stereocenters. The zero-order valence-electron chi connectivity index (χ0n) is 12.6. The molecule has 0 amide bonds. The Morgan fingerprint density at radius 3 is 2.83 bits per heavy atom. The second-order valence-corrected chi connectivity index (χ2v) is 4.93. The number of aromatic carboxylic acids is 1. The van der Waals surface area contributed by atoms with Crippen molar-refractivity contribution in [2.75, 3.05) is 5.32 Å². The molecule has 0 saturated carbocycles. The molecule has 0 radical (unpaired) electrons. The number of carboxylic acid groups (broad SMARTS) is 1. The van der Waals surface area contributed by atoms with E-state index in [-0.39, 0.29) is 5.69 Å². The molecular formula is C16H12N6O2. The maximum atomic E-state index is 11.1. The van der Waals surface area contributed by atoms with Crippen LogP contribution in [-0.2, 0) is 7.05 Å². The standard InChI is InChI=1S/C16H12N6O2/c1-22-14(15(23)24)8-13(21-22)12-5-6-18-16(20-12)19-11-4-2-3-10(7-11)9-17/h2-8H,1H3,(H,23,24)(H,18,19,20). The topological polar surface area (TPSA) is 117 Å². The van der Waals surface area contributed by atoms with Crippen molar-refractivity contribution in [1.29, 1.82) is 5.26 Å². The molecule has 0 atom stereocenters. The van der Waals surface area contributed by atoms with Crippen molar-refractivity contribution in [2.24, 2.45) is 7.05 Å². The van der Waals surface area contributed by atoms with E-state index >= 15 is 0 Å². The Kier molecular flexibility index (Phi) is 3.91. The summed E-state index contributed by atoms with van der Waals surface area (Å²) < 4.78 is 1.28. The molecule has 8 nitrogen and oxygen atoms in total. The van der Waals surface area contributed by atoms with E-state index < -0.39 is 5.97 Å². The fraction of sp³-hybridized carbons (Fsp3) is 0.0625. The predicted octanol–water partition coefficient (Wildman–Crippen LogP) is 2.19. The summed E-state index contributed by atoms with van der Waals surface area (Å²) in [4.78, 5) is 19.6. The average Bonchev–Trinajstić information content (AvgIpc) is 2.97. The Morgan fingerprint density at radius 2 is 2.12 bits per heavy atom. The van der Waals surface area contributed by atoms with Crippen molar-refractivity contribution < 1.29 is 9.90 Å². The van der Waals surface area contributed by atoms with Crippen LogP contribution in [0.15, 0.2) is 42.6 Å². The molecule has 0 aliphatic rings. The van der Waals surface area contributed by atoms with Crippen molar-refractivity contribution in [1.82, 2.24) is 19.7 Å². The summed E-state index contributed by atoms with van der Waals surface area (Å²) in [5.74, 6) is -0.734. The first kappa shape index (κ1) is 15.2. The quantitative estimate of drug-likeness (QED) is 0.756. The third-order valence-corrected chi connectivity index (χ3v) is 3.26. The number of nitrogens with one attached hydrogen (secondary N) is 1. The number of rotatable bonds is 4. The maximum absolute atomic E-state index is 11.1. The van der Waals surface area contributed by atoms with Gasteiger partial charge in [-0.05, 0) is 24.3 Å². The molecule has 0 bridgehead atoms. The number of aryl methyl sites for hydroxylation is 1. The second-order valence-electron chi connectivity index (χ2n) is 4.93. The first-order valence-corrected chi connectivity index (χ1v) is 6.95. The maximum Gasteiger partial charge on any atom is 0.354 e. The lowest BCUT2D eigenvalue weighted by Gasteiger charge is -2.05. The molecule has 0 aliphatic carbocycles. The van der Waals surface area contributed by atoms with Gasteiger partial charge in [-0.1, -0.05) is 6.07 Å². The van der Waals surface area contributed by atoms with E-state index in [4.69, 9.17) is 10.4 Å². The first-order chi connectivity index (χ1) is 11.6. The molecule has 0 aliphatic heterocycles. The number of carboxylic acids is 1. The third-order valence-electron chi connectivity index (χ3n) is 3.26. The van der Waals surface area contributed by atoms with Gasteiger partial charge >= 0.3 is 5.97 Å². The van der Waals surface area contributed by atoms with Crippen LogP contribution in [0.25, 0.3) is 11.4 Å². The number of hydrogen-bond donors (Lipinski definition) is 2. The smallest absolute Gasteiger partial charge is 0.354 e. The largest absolute Gasteiger partial charge is 0.477 e. The number of nitrogens with zero attached hydrogens (tertiary/aromatic N) is 5. The Morgan fingerprint density at radius 1 is 1.29 bits per heavy atom. The van der Waals surface area contributed by atoms with Crippen molar-refractivity contribution in [2.45, 2.75) is 0 Å². The molecule has 3 rings (SSSR count). The van der Waals surface area contributed by atoms with Crippen molar-refractivity contribution in [3.05, 3.63) is 53.9 Å². The molecule has 24 heavy (non-hydrogen) atoms. The lowest BCUT2D eigenvalue weighted by Crippen LogP contribution is -2.04. The lowest BCUT2D eigenvalue weighted by atomic mass is 10.2. The van der Waals surface area contributed by atoms with Gasteiger partial charge < -0.3 is 10.4 Å². The molecule has 2 N–H and O–H groups in total.